The standard InChI is InChI=1S/C32H41N3O4S/c1-6-25(5)33-32(37)29(8-3)34(22-26-20-18-24(4)19-21-26)31(36)23-35(30-17-13-12-14-27(30)7-2)40(38,39)28-15-10-9-11-16-28/h9-21,25,29H,6-8,22-23H2,1-5H3,(H,33,37)/t25-,29+/m0/s1. The van der Waals surface area contributed by atoms with Gasteiger partial charge in [0, 0.05) is 12.6 Å². The quantitative estimate of drug-likeness (QED) is 0.299. The summed E-state index contributed by atoms with van der Waals surface area (Å²) in [5.41, 5.74) is 3.20. The number of hydrogen-bond acceptors (Lipinski definition) is 4. The number of amides is 2. The van der Waals surface area contributed by atoms with E-state index < -0.39 is 28.5 Å². The number of para-hydroxylation sites is 1. The first-order valence-corrected chi connectivity index (χ1v) is 15.4. The third kappa shape index (κ3) is 7.50. The molecular formula is C32H41N3O4S. The topological polar surface area (TPSA) is 86.8 Å². The zero-order chi connectivity index (χ0) is 29.3. The first-order valence-electron chi connectivity index (χ1n) is 13.9. The number of hydrogen-bond donors (Lipinski definition) is 1. The summed E-state index contributed by atoms with van der Waals surface area (Å²) in [5.74, 6) is -0.694. The minimum absolute atomic E-state index is 0.0516. The maximum absolute atomic E-state index is 14.2. The number of carbonyl (C=O) groups is 2. The van der Waals surface area contributed by atoms with Gasteiger partial charge in [-0.3, -0.25) is 13.9 Å². The van der Waals surface area contributed by atoms with E-state index in [1.54, 1.807) is 30.3 Å². The van der Waals surface area contributed by atoms with Crippen LogP contribution in [0, 0.1) is 6.92 Å². The number of carbonyl (C=O) groups excluding carboxylic acids is 2. The minimum Gasteiger partial charge on any atom is -0.352 e. The first-order chi connectivity index (χ1) is 19.1. The average Bonchev–Trinajstić information content (AvgIpc) is 2.96. The van der Waals surface area contributed by atoms with Crippen LogP contribution in [0.5, 0.6) is 0 Å². The van der Waals surface area contributed by atoms with Crippen molar-refractivity contribution in [3.63, 3.8) is 0 Å². The Balaban J connectivity index is 2.08. The molecule has 0 aromatic heterocycles. The lowest BCUT2D eigenvalue weighted by molar-refractivity contribution is -0.140. The predicted molar refractivity (Wildman–Crippen MR) is 160 cm³/mol. The summed E-state index contributed by atoms with van der Waals surface area (Å²) in [7, 11) is -4.08. The van der Waals surface area contributed by atoms with E-state index >= 15 is 0 Å². The van der Waals surface area contributed by atoms with E-state index in [0.29, 0.717) is 18.5 Å². The Labute approximate surface area is 239 Å². The van der Waals surface area contributed by atoms with Crippen LogP contribution < -0.4 is 9.62 Å². The summed E-state index contributed by atoms with van der Waals surface area (Å²) < 4.78 is 29.2. The molecule has 40 heavy (non-hydrogen) atoms. The highest BCUT2D eigenvalue weighted by atomic mass is 32.2. The fourth-order valence-corrected chi connectivity index (χ4v) is 6.01. The molecule has 7 nitrogen and oxygen atoms in total. The Hall–Kier alpha value is -3.65. The SMILES string of the molecule is CCc1ccccc1N(CC(=O)N(Cc1ccc(C)cc1)[C@H](CC)C(=O)N[C@@H](C)CC)S(=O)(=O)c1ccccc1. The summed E-state index contributed by atoms with van der Waals surface area (Å²) in [6.07, 6.45) is 1.73. The number of nitrogens with zero attached hydrogens (tertiary/aromatic N) is 2. The highest BCUT2D eigenvalue weighted by molar-refractivity contribution is 7.92. The van der Waals surface area contributed by atoms with Crippen molar-refractivity contribution in [3.8, 4) is 0 Å². The van der Waals surface area contributed by atoms with Gasteiger partial charge in [0.25, 0.3) is 10.0 Å². The fourth-order valence-electron chi connectivity index (χ4n) is 4.54. The van der Waals surface area contributed by atoms with E-state index in [9.17, 15) is 18.0 Å². The molecule has 1 N–H and O–H groups in total. The van der Waals surface area contributed by atoms with Crippen LogP contribution in [0.3, 0.4) is 0 Å². The Morgan fingerprint density at radius 1 is 0.850 bits per heavy atom. The summed E-state index contributed by atoms with van der Waals surface area (Å²) in [6, 6.07) is 22.3. The molecule has 3 aromatic rings. The van der Waals surface area contributed by atoms with Crippen molar-refractivity contribution in [2.24, 2.45) is 0 Å². The molecule has 0 saturated heterocycles. The van der Waals surface area contributed by atoms with Gasteiger partial charge in [-0.15, -0.1) is 0 Å². The molecule has 2 atom stereocenters. The Morgan fingerprint density at radius 3 is 2.08 bits per heavy atom. The van der Waals surface area contributed by atoms with E-state index in [4.69, 9.17) is 0 Å². The van der Waals surface area contributed by atoms with Gasteiger partial charge in [0.2, 0.25) is 11.8 Å². The molecule has 3 rings (SSSR count). The molecule has 0 radical (unpaired) electrons. The first kappa shape index (κ1) is 30.9. The number of aryl methyl sites for hydroxylation is 2. The van der Waals surface area contributed by atoms with E-state index in [0.717, 1.165) is 23.1 Å². The predicted octanol–water partition coefficient (Wildman–Crippen LogP) is 5.47. The molecule has 0 bridgehead atoms. The van der Waals surface area contributed by atoms with Gasteiger partial charge in [-0.2, -0.15) is 0 Å². The van der Waals surface area contributed by atoms with Crippen molar-refractivity contribution in [2.75, 3.05) is 10.8 Å². The summed E-state index contributed by atoms with van der Waals surface area (Å²) in [5, 5.41) is 3.01. The highest BCUT2D eigenvalue weighted by Crippen LogP contribution is 2.28. The van der Waals surface area contributed by atoms with Crippen LogP contribution in [0.4, 0.5) is 5.69 Å². The number of sulfonamides is 1. The lowest BCUT2D eigenvalue weighted by Gasteiger charge is -2.34. The van der Waals surface area contributed by atoms with Crippen LogP contribution >= 0.6 is 0 Å². The Bertz CT molecular complexity index is 1370. The number of nitrogens with one attached hydrogen (secondary N) is 1. The maximum Gasteiger partial charge on any atom is 0.264 e. The molecule has 3 aromatic carbocycles. The molecule has 0 spiro atoms. The molecule has 0 aliphatic carbocycles. The van der Waals surface area contributed by atoms with Gasteiger partial charge in [0.15, 0.2) is 0 Å². The lowest BCUT2D eigenvalue weighted by atomic mass is 10.1. The van der Waals surface area contributed by atoms with Crippen molar-refractivity contribution in [1.29, 1.82) is 0 Å². The molecule has 214 valence electrons. The number of anilines is 1. The van der Waals surface area contributed by atoms with Crippen molar-refractivity contribution in [2.45, 2.75) is 77.4 Å². The van der Waals surface area contributed by atoms with Crippen LogP contribution in [0.15, 0.2) is 83.8 Å². The van der Waals surface area contributed by atoms with Crippen molar-refractivity contribution in [1.82, 2.24) is 10.2 Å². The smallest absolute Gasteiger partial charge is 0.264 e. The van der Waals surface area contributed by atoms with Gasteiger partial charge in [-0.05, 0) is 62.4 Å². The van der Waals surface area contributed by atoms with E-state index in [1.165, 1.54) is 21.3 Å². The van der Waals surface area contributed by atoms with Crippen molar-refractivity contribution >= 4 is 27.5 Å². The molecule has 0 aliphatic rings. The van der Waals surface area contributed by atoms with Gasteiger partial charge >= 0.3 is 0 Å². The molecule has 0 fully saturated rings. The van der Waals surface area contributed by atoms with E-state index in [1.807, 2.05) is 71.0 Å². The zero-order valence-corrected chi connectivity index (χ0v) is 24.9. The third-order valence-corrected chi connectivity index (χ3v) is 8.89. The second kappa shape index (κ2) is 14.1. The molecule has 0 heterocycles. The highest BCUT2D eigenvalue weighted by Gasteiger charge is 2.34. The molecular weight excluding hydrogens is 522 g/mol. The number of rotatable bonds is 13. The van der Waals surface area contributed by atoms with Gasteiger partial charge in [-0.1, -0.05) is 87.0 Å². The fraction of sp³-hybridized carbons (Fsp3) is 0.375. The maximum atomic E-state index is 14.2. The van der Waals surface area contributed by atoms with Crippen LogP contribution in [0.2, 0.25) is 0 Å². The van der Waals surface area contributed by atoms with Gasteiger partial charge in [0.1, 0.15) is 12.6 Å². The van der Waals surface area contributed by atoms with Crippen LogP contribution in [0.25, 0.3) is 0 Å². The summed E-state index contributed by atoms with van der Waals surface area (Å²) in [4.78, 5) is 29.2. The van der Waals surface area contributed by atoms with Crippen LogP contribution in [0.1, 0.15) is 57.2 Å². The molecule has 0 aliphatic heterocycles. The number of benzene rings is 3. The summed E-state index contributed by atoms with van der Waals surface area (Å²) in [6.45, 7) is 9.45. The zero-order valence-electron chi connectivity index (χ0n) is 24.1. The largest absolute Gasteiger partial charge is 0.352 e. The van der Waals surface area contributed by atoms with Gasteiger partial charge in [0.05, 0.1) is 10.6 Å². The van der Waals surface area contributed by atoms with Crippen molar-refractivity contribution in [3.05, 3.63) is 95.6 Å². The molecule has 2 amide bonds. The second-order valence-corrected chi connectivity index (χ2v) is 11.9. The van der Waals surface area contributed by atoms with Crippen molar-refractivity contribution < 1.29 is 18.0 Å². The summed E-state index contributed by atoms with van der Waals surface area (Å²) >= 11 is 0. The molecule has 0 unspecified atom stereocenters. The third-order valence-electron chi connectivity index (χ3n) is 7.11. The van der Waals surface area contributed by atoms with Gasteiger partial charge in [-0.25, -0.2) is 8.42 Å². The van der Waals surface area contributed by atoms with Gasteiger partial charge < -0.3 is 10.2 Å². The molecule has 8 heteroatoms. The lowest BCUT2D eigenvalue weighted by Crippen LogP contribution is -2.53. The minimum atomic E-state index is -4.08. The van der Waals surface area contributed by atoms with Crippen LogP contribution in [-0.2, 0) is 32.6 Å². The monoisotopic (exact) mass is 563 g/mol. The Morgan fingerprint density at radius 2 is 1.48 bits per heavy atom. The normalized spacial score (nSPS) is 12.8. The molecule has 0 saturated carbocycles. The average molecular weight is 564 g/mol. The Kier molecular flexibility index (Phi) is 10.9. The second-order valence-electron chi connectivity index (χ2n) is 10.1. The van der Waals surface area contributed by atoms with E-state index in [-0.39, 0.29) is 23.4 Å². The van der Waals surface area contributed by atoms with E-state index in [2.05, 4.69) is 5.32 Å². The van der Waals surface area contributed by atoms with Crippen LogP contribution in [-0.4, -0.2) is 43.8 Å².